The van der Waals surface area contributed by atoms with E-state index in [2.05, 4.69) is 19.5 Å². The average molecular weight is 421 g/mol. The van der Waals surface area contributed by atoms with Gasteiger partial charge in [0, 0.05) is 45.0 Å². The Morgan fingerprint density at radius 3 is 2.55 bits per heavy atom. The van der Waals surface area contributed by atoms with Crippen molar-refractivity contribution >= 4 is 15.8 Å². The summed E-state index contributed by atoms with van der Waals surface area (Å²) in [5, 5.41) is 0. The van der Waals surface area contributed by atoms with Gasteiger partial charge in [-0.15, -0.1) is 0 Å². The third kappa shape index (κ3) is 5.11. The average Bonchev–Trinajstić information content (AvgIpc) is 3.16. The zero-order valence-corrected chi connectivity index (χ0v) is 16.9. The van der Waals surface area contributed by atoms with Crippen LogP contribution in [-0.2, 0) is 21.3 Å². The molecule has 2 saturated heterocycles. The maximum absolute atomic E-state index is 13.0. The van der Waals surface area contributed by atoms with Crippen LogP contribution in [0.5, 0.6) is 0 Å². The molecule has 2 aliphatic heterocycles. The van der Waals surface area contributed by atoms with Gasteiger partial charge in [0.1, 0.15) is 16.5 Å². The number of benzene rings is 1. The maximum atomic E-state index is 13.0. The van der Waals surface area contributed by atoms with Crippen LogP contribution < -0.4 is 9.62 Å². The molecule has 1 aromatic heterocycles. The molecule has 1 aromatic carbocycles. The highest BCUT2D eigenvalue weighted by Gasteiger charge is 2.27. The number of hydrogen-bond donors (Lipinski definition) is 1. The van der Waals surface area contributed by atoms with E-state index in [9.17, 15) is 12.8 Å². The normalized spacial score (nSPS) is 20.9. The summed E-state index contributed by atoms with van der Waals surface area (Å²) in [7, 11) is -3.63. The Morgan fingerprint density at radius 2 is 1.86 bits per heavy atom. The summed E-state index contributed by atoms with van der Waals surface area (Å²) in [6.45, 7) is 4.90. The molecule has 1 N–H and O–H groups in total. The topological polar surface area (TPSA) is 74.8 Å². The lowest BCUT2D eigenvalue weighted by molar-refractivity contribution is 0.122. The number of sulfonamides is 1. The van der Waals surface area contributed by atoms with Gasteiger partial charge >= 0.3 is 0 Å². The number of nitrogens with one attached hydrogen (secondary N) is 1. The molecule has 3 heterocycles. The first-order chi connectivity index (χ1) is 14.0. The Hall–Kier alpha value is -2.07. The van der Waals surface area contributed by atoms with Crippen LogP contribution in [0.2, 0.25) is 0 Å². The van der Waals surface area contributed by atoms with Gasteiger partial charge in [0.2, 0.25) is 10.0 Å². The molecule has 156 valence electrons. The van der Waals surface area contributed by atoms with Crippen LogP contribution in [0.15, 0.2) is 47.5 Å². The summed E-state index contributed by atoms with van der Waals surface area (Å²) in [6.07, 6.45) is 2.15. The Morgan fingerprint density at radius 1 is 1.10 bits per heavy atom. The first-order valence-corrected chi connectivity index (χ1v) is 11.3. The number of pyridine rings is 1. The number of nitrogens with zero attached hydrogens (tertiary/aromatic N) is 3. The molecule has 0 bridgehead atoms. The lowest BCUT2D eigenvalue weighted by Crippen LogP contribution is -2.37. The summed E-state index contributed by atoms with van der Waals surface area (Å²) in [5.41, 5.74) is 1.01. The highest BCUT2D eigenvalue weighted by atomic mass is 32.2. The molecular formula is C20H25FN4O3S. The lowest BCUT2D eigenvalue weighted by Gasteiger charge is -2.27. The second kappa shape index (κ2) is 8.74. The van der Waals surface area contributed by atoms with Crippen molar-refractivity contribution in [2.75, 3.05) is 44.3 Å². The number of anilines is 1. The third-order valence-corrected chi connectivity index (χ3v) is 6.79. The number of morpholine rings is 1. The second-order valence-corrected chi connectivity index (χ2v) is 9.13. The number of hydrogen-bond acceptors (Lipinski definition) is 6. The van der Waals surface area contributed by atoms with Crippen molar-refractivity contribution in [3.05, 3.63) is 54.0 Å². The standard InChI is InChI=1S/C20H25FN4O3S/c21-17-3-1-16(2-4-17)14-24-8-7-18(15-24)23-29(26,27)19-5-6-20(22-13-19)25-9-11-28-12-10-25/h1-6,13,18,23H,7-12,14-15H2/t18-/m0/s1. The molecule has 2 fully saturated rings. The first-order valence-electron chi connectivity index (χ1n) is 9.77. The molecule has 0 unspecified atom stereocenters. The molecule has 2 aromatic rings. The smallest absolute Gasteiger partial charge is 0.242 e. The largest absolute Gasteiger partial charge is 0.378 e. The fraction of sp³-hybridized carbons (Fsp3) is 0.450. The van der Waals surface area contributed by atoms with Crippen LogP contribution in [0, 0.1) is 5.82 Å². The summed E-state index contributed by atoms with van der Waals surface area (Å²) in [5.74, 6) is 0.507. The van der Waals surface area contributed by atoms with E-state index in [4.69, 9.17) is 4.74 Å². The van der Waals surface area contributed by atoms with E-state index < -0.39 is 10.0 Å². The summed E-state index contributed by atoms with van der Waals surface area (Å²) in [4.78, 5) is 8.75. The van der Waals surface area contributed by atoms with Gasteiger partial charge in [0.15, 0.2) is 0 Å². The number of halogens is 1. The Balaban J connectivity index is 1.34. The zero-order chi connectivity index (χ0) is 20.3. The van der Waals surface area contributed by atoms with E-state index in [1.54, 1.807) is 24.3 Å². The quantitative estimate of drug-likeness (QED) is 0.765. The van der Waals surface area contributed by atoms with Crippen molar-refractivity contribution in [1.82, 2.24) is 14.6 Å². The van der Waals surface area contributed by atoms with E-state index in [0.29, 0.717) is 26.3 Å². The van der Waals surface area contributed by atoms with Gasteiger partial charge in [0.25, 0.3) is 0 Å². The number of aromatic nitrogens is 1. The molecule has 0 radical (unpaired) electrons. The van der Waals surface area contributed by atoms with Gasteiger partial charge in [0.05, 0.1) is 13.2 Å². The van der Waals surface area contributed by atoms with Gasteiger partial charge in [-0.1, -0.05) is 12.1 Å². The molecule has 0 spiro atoms. The van der Waals surface area contributed by atoms with Crippen molar-refractivity contribution < 1.29 is 17.5 Å². The van der Waals surface area contributed by atoms with Gasteiger partial charge < -0.3 is 9.64 Å². The van der Waals surface area contributed by atoms with Gasteiger partial charge in [-0.3, -0.25) is 4.90 Å². The minimum absolute atomic E-state index is 0.153. The van der Waals surface area contributed by atoms with Crippen LogP contribution in [0.1, 0.15) is 12.0 Å². The first kappa shape index (κ1) is 20.2. The van der Waals surface area contributed by atoms with Crippen molar-refractivity contribution in [2.24, 2.45) is 0 Å². The van der Waals surface area contributed by atoms with E-state index >= 15 is 0 Å². The molecule has 0 saturated carbocycles. The highest BCUT2D eigenvalue weighted by Crippen LogP contribution is 2.19. The summed E-state index contributed by atoms with van der Waals surface area (Å²) in [6, 6.07) is 9.60. The van der Waals surface area contributed by atoms with E-state index in [1.165, 1.54) is 18.3 Å². The molecule has 4 rings (SSSR count). The Bertz CT molecular complexity index is 916. The van der Waals surface area contributed by atoms with Crippen LogP contribution in [0.25, 0.3) is 0 Å². The molecule has 2 aliphatic rings. The highest BCUT2D eigenvalue weighted by molar-refractivity contribution is 7.89. The fourth-order valence-corrected chi connectivity index (χ4v) is 4.92. The molecule has 0 amide bonds. The van der Waals surface area contributed by atoms with Gasteiger partial charge in [-0.25, -0.2) is 22.5 Å². The number of rotatable bonds is 6. The third-order valence-electron chi connectivity index (χ3n) is 5.28. The van der Waals surface area contributed by atoms with Crippen molar-refractivity contribution in [1.29, 1.82) is 0 Å². The summed E-state index contributed by atoms with van der Waals surface area (Å²) < 4.78 is 46.6. The molecule has 7 nitrogen and oxygen atoms in total. The minimum atomic E-state index is -3.63. The Kier molecular flexibility index (Phi) is 6.09. The van der Waals surface area contributed by atoms with Crippen LogP contribution in [0.4, 0.5) is 10.2 Å². The second-order valence-electron chi connectivity index (χ2n) is 7.42. The molecule has 0 aliphatic carbocycles. The van der Waals surface area contributed by atoms with Crippen molar-refractivity contribution in [2.45, 2.75) is 23.9 Å². The predicted octanol–water partition coefficient (Wildman–Crippen LogP) is 1.61. The van der Waals surface area contributed by atoms with Crippen LogP contribution in [-0.4, -0.2) is 63.7 Å². The molecule has 9 heteroatoms. The van der Waals surface area contributed by atoms with Crippen molar-refractivity contribution in [3.8, 4) is 0 Å². The lowest BCUT2D eigenvalue weighted by atomic mass is 10.2. The maximum Gasteiger partial charge on any atom is 0.242 e. The number of likely N-dealkylation sites (tertiary alicyclic amines) is 1. The van der Waals surface area contributed by atoms with Crippen LogP contribution >= 0.6 is 0 Å². The SMILES string of the molecule is O=S(=O)(N[C@H]1CCN(Cc2ccc(F)cc2)C1)c1ccc(N2CCOCC2)nc1. The predicted molar refractivity (Wildman–Crippen MR) is 108 cm³/mol. The fourth-order valence-electron chi connectivity index (χ4n) is 3.72. The minimum Gasteiger partial charge on any atom is -0.378 e. The van der Waals surface area contributed by atoms with Crippen LogP contribution in [0.3, 0.4) is 0 Å². The number of ether oxygens (including phenoxy) is 1. The molecule has 29 heavy (non-hydrogen) atoms. The molecule has 1 atom stereocenters. The van der Waals surface area contributed by atoms with E-state index in [1.807, 2.05) is 0 Å². The zero-order valence-electron chi connectivity index (χ0n) is 16.1. The van der Waals surface area contributed by atoms with Gasteiger partial charge in [-0.05, 0) is 36.2 Å². The van der Waals surface area contributed by atoms with E-state index in [-0.39, 0.29) is 16.8 Å². The molecular weight excluding hydrogens is 395 g/mol. The Labute approximate surface area is 170 Å². The monoisotopic (exact) mass is 420 g/mol. The van der Waals surface area contributed by atoms with E-state index in [0.717, 1.165) is 37.4 Å². The summed E-state index contributed by atoms with van der Waals surface area (Å²) >= 11 is 0. The van der Waals surface area contributed by atoms with Gasteiger partial charge in [-0.2, -0.15) is 0 Å². The van der Waals surface area contributed by atoms with Crippen molar-refractivity contribution in [3.63, 3.8) is 0 Å².